The molecular formula is C8H8INO. The second-order valence-corrected chi connectivity index (χ2v) is 3.88. The van der Waals surface area contributed by atoms with Crippen LogP contribution in [-0.2, 0) is 0 Å². The number of aromatic nitrogens is 1. The van der Waals surface area contributed by atoms with Crippen molar-refractivity contribution < 1.29 is 4.74 Å². The predicted octanol–water partition coefficient (Wildman–Crippen LogP) is 2.23. The average Bonchev–Trinajstić information content (AvgIpc) is 2.78. The summed E-state index contributed by atoms with van der Waals surface area (Å²) in [6.07, 6.45) is 4.64. The maximum atomic E-state index is 5.47. The van der Waals surface area contributed by atoms with Gasteiger partial charge < -0.3 is 4.74 Å². The zero-order valence-corrected chi connectivity index (χ0v) is 8.11. The molecule has 3 heteroatoms. The molecule has 1 aliphatic rings. The molecule has 1 heterocycles. The number of hydrogen-bond acceptors (Lipinski definition) is 2. The second kappa shape index (κ2) is 2.97. The molecule has 0 unspecified atom stereocenters. The Hall–Kier alpha value is -0.320. The lowest BCUT2D eigenvalue weighted by atomic mass is 10.5. The summed E-state index contributed by atoms with van der Waals surface area (Å²) in [4.78, 5) is 4.13. The Morgan fingerprint density at radius 2 is 2.27 bits per heavy atom. The minimum Gasteiger partial charge on any atom is -0.474 e. The van der Waals surface area contributed by atoms with Gasteiger partial charge >= 0.3 is 0 Å². The molecule has 0 aliphatic heterocycles. The number of hydrogen-bond donors (Lipinski definition) is 0. The van der Waals surface area contributed by atoms with Crippen molar-refractivity contribution in [2.24, 2.45) is 0 Å². The van der Waals surface area contributed by atoms with Crippen LogP contribution in [0.2, 0.25) is 0 Å². The fourth-order valence-corrected chi connectivity index (χ4v) is 1.11. The predicted molar refractivity (Wildman–Crippen MR) is 50.6 cm³/mol. The maximum Gasteiger partial charge on any atom is 0.213 e. The molecule has 0 spiro atoms. The summed E-state index contributed by atoms with van der Waals surface area (Å²) in [5.74, 6) is 0.757. The quantitative estimate of drug-likeness (QED) is 0.761. The zero-order chi connectivity index (χ0) is 7.68. The van der Waals surface area contributed by atoms with Crippen LogP contribution in [0.25, 0.3) is 0 Å². The van der Waals surface area contributed by atoms with Gasteiger partial charge in [0.1, 0.15) is 6.10 Å². The maximum absolute atomic E-state index is 5.47. The fourth-order valence-electron chi connectivity index (χ4n) is 0.789. The SMILES string of the molecule is Ic1ccc(OC2CC2)nc1. The zero-order valence-electron chi connectivity index (χ0n) is 5.96. The lowest BCUT2D eigenvalue weighted by molar-refractivity contribution is 0.291. The molecule has 0 amide bonds. The summed E-state index contributed by atoms with van der Waals surface area (Å²) in [6.45, 7) is 0. The first kappa shape index (κ1) is 7.34. The van der Waals surface area contributed by atoms with Crippen molar-refractivity contribution in [2.45, 2.75) is 18.9 Å². The highest BCUT2D eigenvalue weighted by atomic mass is 127. The molecule has 11 heavy (non-hydrogen) atoms. The van der Waals surface area contributed by atoms with E-state index in [1.165, 1.54) is 12.8 Å². The lowest BCUT2D eigenvalue weighted by Gasteiger charge is -2.00. The summed E-state index contributed by atoms with van der Waals surface area (Å²) in [6, 6.07) is 3.92. The largest absolute Gasteiger partial charge is 0.474 e. The summed E-state index contributed by atoms with van der Waals surface area (Å²) < 4.78 is 6.61. The first-order chi connectivity index (χ1) is 5.34. The number of nitrogens with zero attached hydrogens (tertiary/aromatic N) is 1. The van der Waals surface area contributed by atoms with Crippen LogP contribution in [0.3, 0.4) is 0 Å². The van der Waals surface area contributed by atoms with E-state index in [4.69, 9.17) is 4.74 Å². The molecule has 2 rings (SSSR count). The molecule has 0 bridgehead atoms. The van der Waals surface area contributed by atoms with Gasteiger partial charge in [0.15, 0.2) is 0 Å². The topological polar surface area (TPSA) is 22.1 Å². The summed E-state index contributed by atoms with van der Waals surface area (Å²) in [5.41, 5.74) is 0. The van der Waals surface area contributed by atoms with E-state index >= 15 is 0 Å². The molecule has 2 nitrogen and oxygen atoms in total. The third-order valence-electron chi connectivity index (χ3n) is 1.51. The summed E-state index contributed by atoms with van der Waals surface area (Å²) in [7, 11) is 0. The third kappa shape index (κ3) is 2.05. The molecular weight excluding hydrogens is 253 g/mol. The average molecular weight is 261 g/mol. The van der Waals surface area contributed by atoms with Crippen LogP contribution in [-0.4, -0.2) is 11.1 Å². The van der Waals surface area contributed by atoms with Crippen molar-refractivity contribution in [1.29, 1.82) is 0 Å². The minimum atomic E-state index is 0.447. The molecule has 1 aliphatic carbocycles. The molecule has 0 N–H and O–H groups in total. The van der Waals surface area contributed by atoms with Crippen LogP contribution in [0, 0.1) is 3.57 Å². The van der Waals surface area contributed by atoms with Crippen molar-refractivity contribution in [3.63, 3.8) is 0 Å². The first-order valence-corrected chi connectivity index (χ1v) is 4.71. The fraction of sp³-hybridized carbons (Fsp3) is 0.375. The molecule has 0 atom stereocenters. The Morgan fingerprint density at radius 1 is 1.45 bits per heavy atom. The van der Waals surface area contributed by atoms with Crippen molar-refractivity contribution in [3.8, 4) is 5.88 Å². The van der Waals surface area contributed by atoms with Crippen LogP contribution in [0.4, 0.5) is 0 Å². The Labute approximate surface area is 79.1 Å². The Bertz CT molecular complexity index is 243. The van der Waals surface area contributed by atoms with Crippen molar-refractivity contribution in [1.82, 2.24) is 4.98 Å². The number of pyridine rings is 1. The standard InChI is InChI=1S/C8H8INO/c9-6-1-4-8(10-5-6)11-7-2-3-7/h1,4-5,7H,2-3H2. The highest BCUT2D eigenvalue weighted by molar-refractivity contribution is 14.1. The second-order valence-electron chi connectivity index (χ2n) is 2.63. The van der Waals surface area contributed by atoms with E-state index < -0.39 is 0 Å². The van der Waals surface area contributed by atoms with Crippen LogP contribution in [0.15, 0.2) is 18.3 Å². The van der Waals surface area contributed by atoms with Crippen molar-refractivity contribution in [2.75, 3.05) is 0 Å². The minimum absolute atomic E-state index is 0.447. The Morgan fingerprint density at radius 3 is 2.82 bits per heavy atom. The monoisotopic (exact) mass is 261 g/mol. The van der Waals surface area contributed by atoms with Gasteiger partial charge in [0, 0.05) is 15.8 Å². The van der Waals surface area contributed by atoms with Gasteiger partial charge in [0.05, 0.1) is 0 Å². The van der Waals surface area contributed by atoms with E-state index in [0.717, 1.165) is 9.45 Å². The highest BCUT2D eigenvalue weighted by Gasteiger charge is 2.23. The summed E-state index contributed by atoms with van der Waals surface area (Å²) in [5, 5.41) is 0. The van der Waals surface area contributed by atoms with Crippen LogP contribution in [0.5, 0.6) is 5.88 Å². The van der Waals surface area contributed by atoms with Gasteiger partial charge in [-0.3, -0.25) is 0 Å². The van der Waals surface area contributed by atoms with Crippen LogP contribution in [0.1, 0.15) is 12.8 Å². The Balaban J connectivity index is 2.06. The molecule has 0 saturated heterocycles. The smallest absolute Gasteiger partial charge is 0.213 e. The van der Waals surface area contributed by atoms with Gasteiger partial charge in [-0.25, -0.2) is 4.98 Å². The first-order valence-electron chi connectivity index (χ1n) is 3.63. The van der Waals surface area contributed by atoms with Gasteiger partial charge in [-0.15, -0.1) is 0 Å². The molecule has 0 aromatic carbocycles. The van der Waals surface area contributed by atoms with Crippen molar-refractivity contribution >= 4 is 22.6 Å². The third-order valence-corrected chi connectivity index (χ3v) is 2.15. The van der Waals surface area contributed by atoms with Crippen molar-refractivity contribution in [3.05, 3.63) is 21.9 Å². The number of halogens is 1. The Kier molecular flexibility index (Phi) is 1.98. The van der Waals surface area contributed by atoms with E-state index in [1.54, 1.807) is 0 Å². The van der Waals surface area contributed by atoms with Crippen LogP contribution >= 0.6 is 22.6 Å². The molecule has 1 aromatic heterocycles. The van der Waals surface area contributed by atoms with Gasteiger partial charge in [-0.05, 0) is 41.5 Å². The van der Waals surface area contributed by atoms with E-state index in [9.17, 15) is 0 Å². The number of ether oxygens (including phenoxy) is 1. The normalized spacial score (nSPS) is 16.5. The molecule has 1 saturated carbocycles. The number of rotatable bonds is 2. The van der Waals surface area contributed by atoms with Gasteiger partial charge in [-0.2, -0.15) is 0 Å². The summed E-state index contributed by atoms with van der Waals surface area (Å²) >= 11 is 2.23. The molecule has 0 radical (unpaired) electrons. The molecule has 1 fully saturated rings. The molecule has 1 aromatic rings. The van der Waals surface area contributed by atoms with E-state index in [1.807, 2.05) is 18.3 Å². The van der Waals surface area contributed by atoms with Gasteiger partial charge in [0.2, 0.25) is 5.88 Å². The lowest BCUT2D eigenvalue weighted by Crippen LogP contribution is -1.97. The van der Waals surface area contributed by atoms with Gasteiger partial charge in [-0.1, -0.05) is 0 Å². The highest BCUT2D eigenvalue weighted by Crippen LogP contribution is 2.25. The van der Waals surface area contributed by atoms with Gasteiger partial charge in [0.25, 0.3) is 0 Å². The van der Waals surface area contributed by atoms with E-state index in [-0.39, 0.29) is 0 Å². The molecule has 58 valence electrons. The van der Waals surface area contributed by atoms with Crippen LogP contribution < -0.4 is 4.74 Å². The van der Waals surface area contributed by atoms with E-state index in [0.29, 0.717) is 6.10 Å². The van der Waals surface area contributed by atoms with E-state index in [2.05, 4.69) is 27.6 Å².